The van der Waals surface area contributed by atoms with Crippen LogP contribution < -0.4 is 20.5 Å². The number of ether oxygens (including phenoxy) is 2. The first-order valence-corrected chi connectivity index (χ1v) is 10.5. The van der Waals surface area contributed by atoms with Crippen LogP contribution >= 0.6 is 11.3 Å². The lowest BCUT2D eigenvalue weighted by atomic mass is 9.72. The zero-order chi connectivity index (χ0) is 21.3. The van der Waals surface area contributed by atoms with Gasteiger partial charge >= 0.3 is 0 Å². The molecule has 1 heterocycles. The zero-order valence-corrected chi connectivity index (χ0v) is 18.4. The van der Waals surface area contributed by atoms with Crippen molar-refractivity contribution in [2.24, 2.45) is 17.1 Å². The maximum Gasteiger partial charge on any atom is 0.263 e. The van der Waals surface area contributed by atoms with Gasteiger partial charge in [0.1, 0.15) is 22.1 Å². The van der Waals surface area contributed by atoms with Crippen LogP contribution in [0.3, 0.4) is 0 Å². The molecule has 0 fully saturated rings. The van der Waals surface area contributed by atoms with E-state index in [-0.39, 0.29) is 11.0 Å². The van der Waals surface area contributed by atoms with E-state index in [4.69, 9.17) is 15.2 Å². The standard InChI is InChI=1S/C22H28N2O4S/c1-22(2,3)12-9-10-13-16(11-12)29-21(17(13)19(23)25)24-20(26)18-14(27-4)7-6-8-15(18)28-5/h6-8,12H,9-11H2,1-5H3,(H2,23,25)(H,24,26). The van der Waals surface area contributed by atoms with E-state index in [2.05, 4.69) is 26.1 Å². The second kappa shape index (κ2) is 8.06. The molecule has 0 aliphatic heterocycles. The number of carbonyl (C=O) groups excluding carboxylic acids is 2. The van der Waals surface area contributed by atoms with Crippen LogP contribution in [-0.4, -0.2) is 26.0 Å². The van der Waals surface area contributed by atoms with Crippen LogP contribution in [0.4, 0.5) is 5.00 Å². The number of methoxy groups -OCH3 is 2. The number of carbonyl (C=O) groups is 2. The third-order valence-electron chi connectivity index (χ3n) is 5.62. The van der Waals surface area contributed by atoms with Gasteiger partial charge in [-0.1, -0.05) is 26.8 Å². The molecule has 1 aliphatic rings. The maximum absolute atomic E-state index is 13.1. The van der Waals surface area contributed by atoms with Crippen LogP contribution in [-0.2, 0) is 12.8 Å². The summed E-state index contributed by atoms with van der Waals surface area (Å²) in [5, 5.41) is 3.38. The number of benzene rings is 1. The number of nitrogens with one attached hydrogen (secondary N) is 1. The van der Waals surface area contributed by atoms with Crippen molar-refractivity contribution in [2.75, 3.05) is 19.5 Å². The molecule has 1 unspecified atom stereocenters. The smallest absolute Gasteiger partial charge is 0.263 e. The van der Waals surface area contributed by atoms with Gasteiger partial charge in [-0.15, -0.1) is 11.3 Å². The highest BCUT2D eigenvalue weighted by atomic mass is 32.1. The fourth-order valence-electron chi connectivity index (χ4n) is 3.91. The first-order valence-electron chi connectivity index (χ1n) is 9.64. The summed E-state index contributed by atoms with van der Waals surface area (Å²) in [6.45, 7) is 6.71. The number of nitrogens with two attached hydrogens (primary N) is 1. The average molecular weight is 417 g/mol. The monoisotopic (exact) mass is 416 g/mol. The summed E-state index contributed by atoms with van der Waals surface area (Å²) in [4.78, 5) is 26.4. The largest absolute Gasteiger partial charge is 0.496 e. The Balaban J connectivity index is 1.98. The number of hydrogen-bond acceptors (Lipinski definition) is 5. The Morgan fingerprint density at radius 1 is 1.14 bits per heavy atom. The molecule has 3 N–H and O–H groups in total. The summed E-state index contributed by atoms with van der Waals surface area (Å²) in [7, 11) is 2.99. The predicted molar refractivity (Wildman–Crippen MR) is 115 cm³/mol. The Morgan fingerprint density at radius 2 is 1.76 bits per heavy atom. The van der Waals surface area contributed by atoms with Crippen LogP contribution in [0.15, 0.2) is 18.2 Å². The van der Waals surface area contributed by atoms with Gasteiger partial charge in [-0.3, -0.25) is 9.59 Å². The van der Waals surface area contributed by atoms with Gasteiger partial charge in [0.2, 0.25) is 0 Å². The van der Waals surface area contributed by atoms with Crippen LogP contribution in [0.2, 0.25) is 0 Å². The van der Waals surface area contributed by atoms with E-state index in [0.717, 1.165) is 29.7 Å². The lowest BCUT2D eigenvalue weighted by Gasteiger charge is -2.33. The van der Waals surface area contributed by atoms with E-state index in [1.54, 1.807) is 18.2 Å². The molecule has 2 amide bonds. The van der Waals surface area contributed by atoms with E-state index >= 15 is 0 Å². The van der Waals surface area contributed by atoms with Gasteiger partial charge in [0.15, 0.2) is 0 Å². The third-order valence-corrected chi connectivity index (χ3v) is 6.79. The quantitative estimate of drug-likeness (QED) is 0.762. The highest BCUT2D eigenvalue weighted by molar-refractivity contribution is 7.17. The van der Waals surface area contributed by atoms with Gasteiger partial charge in [-0.05, 0) is 48.3 Å². The van der Waals surface area contributed by atoms with Gasteiger partial charge in [-0.2, -0.15) is 0 Å². The third kappa shape index (κ3) is 4.10. The lowest BCUT2D eigenvalue weighted by molar-refractivity contribution is 0.1000. The molecular formula is C22H28N2O4S. The minimum Gasteiger partial charge on any atom is -0.496 e. The zero-order valence-electron chi connectivity index (χ0n) is 17.5. The van der Waals surface area contributed by atoms with Gasteiger partial charge in [0, 0.05) is 4.88 Å². The Morgan fingerprint density at radius 3 is 2.28 bits per heavy atom. The fraction of sp³-hybridized carbons (Fsp3) is 0.455. The predicted octanol–water partition coefficient (Wildman–Crippen LogP) is 4.27. The van der Waals surface area contributed by atoms with E-state index in [1.165, 1.54) is 25.6 Å². The van der Waals surface area contributed by atoms with E-state index < -0.39 is 11.8 Å². The van der Waals surface area contributed by atoms with E-state index in [9.17, 15) is 9.59 Å². The van der Waals surface area contributed by atoms with Crippen LogP contribution in [0.1, 0.15) is 58.3 Å². The SMILES string of the molecule is COc1cccc(OC)c1C(=O)Nc1sc2c(c1C(N)=O)CCC(C(C)(C)C)C2. The molecule has 7 heteroatoms. The molecule has 1 aromatic heterocycles. The van der Waals surface area contributed by atoms with Gasteiger partial charge in [-0.25, -0.2) is 0 Å². The number of amides is 2. The summed E-state index contributed by atoms with van der Waals surface area (Å²) in [6.07, 6.45) is 2.68. The molecule has 156 valence electrons. The first-order chi connectivity index (χ1) is 13.7. The number of anilines is 1. The van der Waals surface area contributed by atoms with Gasteiger partial charge in [0.05, 0.1) is 19.8 Å². The van der Waals surface area contributed by atoms with Crippen LogP contribution in [0.5, 0.6) is 11.5 Å². The number of fused-ring (bicyclic) bond motifs is 1. The topological polar surface area (TPSA) is 90.7 Å². The molecular weight excluding hydrogens is 388 g/mol. The van der Waals surface area contributed by atoms with Crippen molar-refractivity contribution in [3.63, 3.8) is 0 Å². The van der Waals surface area contributed by atoms with Crippen molar-refractivity contribution in [3.8, 4) is 11.5 Å². The van der Waals surface area contributed by atoms with Crippen molar-refractivity contribution < 1.29 is 19.1 Å². The Hall–Kier alpha value is -2.54. The normalized spacial score (nSPS) is 16.1. The summed E-state index contributed by atoms with van der Waals surface area (Å²) >= 11 is 1.45. The second-order valence-electron chi connectivity index (χ2n) is 8.37. The van der Waals surface area contributed by atoms with Gasteiger partial charge in [0.25, 0.3) is 11.8 Å². The fourth-order valence-corrected chi connectivity index (χ4v) is 5.24. The van der Waals surface area contributed by atoms with E-state index in [0.29, 0.717) is 28.0 Å². The number of thiophene rings is 1. The average Bonchev–Trinajstić information content (AvgIpc) is 3.03. The molecule has 6 nitrogen and oxygen atoms in total. The highest BCUT2D eigenvalue weighted by Crippen LogP contribution is 2.44. The second-order valence-corrected chi connectivity index (χ2v) is 9.47. The van der Waals surface area contributed by atoms with Crippen molar-refractivity contribution in [3.05, 3.63) is 39.8 Å². The van der Waals surface area contributed by atoms with Crippen LogP contribution in [0, 0.1) is 11.3 Å². The van der Waals surface area contributed by atoms with Crippen molar-refractivity contribution >= 4 is 28.2 Å². The molecule has 2 aromatic rings. The molecule has 0 spiro atoms. The molecule has 29 heavy (non-hydrogen) atoms. The minimum absolute atomic E-state index is 0.183. The number of hydrogen-bond donors (Lipinski definition) is 2. The van der Waals surface area contributed by atoms with Crippen LogP contribution in [0.25, 0.3) is 0 Å². The molecule has 1 atom stereocenters. The molecule has 1 aliphatic carbocycles. The van der Waals surface area contributed by atoms with Crippen molar-refractivity contribution in [2.45, 2.75) is 40.0 Å². The van der Waals surface area contributed by atoms with E-state index in [1.807, 2.05) is 0 Å². The Kier molecular flexibility index (Phi) is 5.89. The van der Waals surface area contributed by atoms with Crippen molar-refractivity contribution in [1.82, 2.24) is 0 Å². The van der Waals surface area contributed by atoms with Crippen molar-refractivity contribution in [1.29, 1.82) is 0 Å². The molecule has 0 saturated carbocycles. The molecule has 0 radical (unpaired) electrons. The summed E-state index contributed by atoms with van der Waals surface area (Å²) in [5.74, 6) is 0.409. The molecule has 1 aromatic carbocycles. The summed E-state index contributed by atoms with van der Waals surface area (Å²) in [6, 6.07) is 5.14. The summed E-state index contributed by atoms with van der Waals surface area (Å²) < 4.78 is 10.7. The molecule has 0 saturated heterocycles. The Labute approximate surface area is 175 Å². The summed E-state index contributed by atoms with van der Waals surface area (Å²) in [5.41, 5.74) is 7.57. The first kappa shape index (κ1) is 21.2. The number of primary amides is 1. The maximum atomic E-state index is 13.1. The number of rotatable bonds is 5. The Bertz CT molecular complexity index is 921. The lowest BCUT2D eigenvalue weighted by Crippen LogP contribution is -2.27. The van der Waals surface area contributed by atoms with Gasteiger partial charge < -0.3 is 20.5 Å². The molecule has 3 rings (SSSR count). The minimum atomic E-state index is -0.515. The molecule has 0 bridgehead atoms. The highest BCUT2D eigenvalue weighted by Gasteiger charge is 2.34.